The maximum atomic E-state index is 12.1. The Morgan fingerprint density at radius 2 is 1.88 bits per heavy atom. The minimum absolute atomic E-state index is 0.0959. The topological polar surface area (TPSA) is 55.8 Å². The summed E-state index contributed by atoms with van der Waals surface area (Å²) in [4.78, 5) is 24.9. The van der Waals surface area contributed by atoms with E-state index in [0.717, 1.165) is 0 Å². The number of Topliss-reactive ketones (excluding diaryl/α,β-unsaturated/α-hetero) is 1. The van der Waals surface area contributed by atoms with Crippen LogP contribution in [0.1, 0.15) is 41.5 Å². The Morgan fingerprint density at radius 1 is 1.35 bits per heavy atom. The Hall–Kier alpha value is -1.10. The van der Waals surface area contributed by atoms with Crippen LogP contribution in [-0.4, -0.2) is 40.8 Å². The summed E-state index contributed by atoms with van der Waals surface area (Å²) in [6.45, 7) is 10.5. The van der Waals surface area contributed by atoms with Gasteiger partial charge in [-0.05, 0) is 41.5 Å². The molecule has 0 aromatic heterocycles. The van der Waals surface area contributed by atoms with Gasteiger partial charge in [0.05, 0.1) is 6.61 Å². The molecule has 0 N–H and O–H groups in total. The highest BCUT2D eigenvalue weighted by molar-refractivity contribution is 5.86. The fraction of sp³-hybridized carbons (Fsp3) is 0.833. The average Bonchev–Trinajstić information content (AvgIpc) is 2.37. The zero-order chi connectivity index (χ0) is 13.4. The molecule has 0 aliphatic carbocycles. The Kier molecular flexibility index (Phi) is 3.52. The fourth-order valence-corrected chi connectivity index (χ4v) is 1.76. The second-order valence-electron chi connectivity index (χ2n) is 5.73. The van der Waals surface area contributed by atoms with E-state index in [1.165, 1.54) is 11.8 Å². The van der Waals surface area contributed by atoms with Crippen LogP contribution in [0.4, 0.5) is 4.79 Å². The van der Waals surface area contributed by atoms with Crippen molar-refractivity contribution in [3.05, 3.63) is 0 Å². The van der Waals surface area contributed by atoms with Crippen LogP contribution in [0, 0.1) is 0 Å². The molecule has 1 amide bonds. The lowest BCUT2D eigenvalue weighted by atomic mass is 10.1. The third kappa shape index (κ3) is 3.19. The number of hydrogen-bond acceptors (Lipinski definition) is 4. The van der Waals surface area contributed by atoms with E-state index in [2.05, 4.69) is 0 Å². The second kappa shape index (κ2) is 4.29. The standard InChI is InChI=1S/C12H21NO4/c1-8(14)9-7-16-12(5,6)13(9)10(15)17-11(2,3)4/h9H,7H2,1-6H3/t9-/m1/s1. The van der Waals surface area contributed by atoms with Crippen molar-refractivity contribution in [3.8, 4) is 0 Å². The van der Waals surface area contributed by atoms with Gasteiger partial charge in [0.15, 0.2) is 5.78 Å². The zero-order valence-corrected chi connectivity index (χ0v) is 11.4. The molecule has 1 saturated heterocycles. The molecule has 0 unspecified atom stereocenters. The van der Waals surface area contributed by atoms with Gasteiger partial charge in [0.2, 0.25) is 0 Å². The molecule has 17 heavy (non-hydrogen) atoms. The van der Waals surface area contributed by atoms with Crippen LogP contribution in [0.15, 0.2) is 0 Å². The van der Waals surface area contributed by atoms with E-state index in [-0.39, 0.29) is 12.4 Å². The van der Waals surface area contributed by atoms with Gasteiger partial charge in [-0.2, -0.15) is 0 Å². The molecule has 0 radical (unpaired) electrons. The van der Waals surface area contributed by atoms with Crippen molar-refractivity contribution >= 4 is 11.9 Å². The summed E-state index contributed by atoms with van der Waals surface area (Å²) in [6.07, 6.45) is -0.514. The summed E-state index contributed by atoms with van der Waals surface area (Å²) in [5, 5.41) is 0. The smallest absolute Gasteiger partial charge is 0.413 e. The van der Waals surface area contributed by atoms with Crippen LogP contribution in [-0.2, 0) is 14.3 Å². The molecule has 1 atom stereocenters. The molecule has 0 aromatic carbocycles. The van der Waals surface area contributed by atoms with Crippen molar-refractivity contribution in [2.24, 2.45) is 0 Å². The Balaban J connectivity index is 2.90. The highest BCUT2D eigenvalue weighted by atomic mass is 16.6. The van der Waals surface area contributed by atoms with Crippen molar-refractivity contribution in [2.75, 3.05) is 6.61 Å². The van der Waals surface area contributed by atoms with E-state index in [1.807, 2.05) is 0 Å². The summed E-state index contributed by atoms with van der Waals surface area (Å²) in [6, 6.07) is -0.556. The summed E-state index contributed by atoms with van der Waals surface area (Å²) in [7, 11) is 0. The van der Waals surface area contributed by atoms with Crippen molar-refractivity contribution in [2.45, 2.75) is 58.9 Å². The lowest BCUT2D eigenvalue weighted by Crippen LogP contribution is -2.51. The van der Waals surface area contributed by atoms with Crippen LogP contribution >= 0.6 is 0 Å². The molecule has 1 aliphatic heterocycles. The number of hydrogen-bond donors (Lipinski definition) is 0. The van der Waals surface area contributed by atoms with Crippen LogP contribution in [0.2, 0.25) is 0 Å². The highest BCUT2D eigenvalue weighted by Crippen LogP contribution is 2.29. The van der Waals surface area contributed by atoms with E-state index >= 15 is 0 Å². The van der Waals surface area contributed by atoms with Crippen molar-refractivity contribution < 1.29 is 19.1 Å². The zero-order valence-electron chi connectivity index (χ0n) is 11.4. The number of nitrogens with zero attached hydrogens (tertiary/aromatic N) is 1. The van der Waals surface area contributed by atoms with Gasteiger partial charge in [-0.3, -0.25) is 9.69 Å². The number of amides is 1. The van der Waals surface area contributed by atoms with E-state index < -0.39 is 23.5 Å². The normalized spacial score (nSPS) is 23.6. The molecule has 5 nitrogen and oxygen atoms in total. The number of carbonyl (C=O) groups is 2. The first kappa shape index (κ1) is 14.0. The third-order valence-electron chi connectivity index (χ3n) is 2.55. The first-order valence-corrected chi connectivity index (χ1v) is 5.71. The largest absolute Gasteiger partial charge is 0.444 e. The molecule has 5 heteroatoms. The number of rotatable bonds is 1. The number of ether oxygens (including phenoxy) is 2. The molecule has 0 aromatic rings. The van der Waals surface area contributed by atoms with Gasteiger partial charge < -0.3 is 9.47 Å². The second-order valence-corrected chi connectivity index (χ2v) is 5.73. The van der Waals surface area contributed by atoms with Crippen LogP contribution in [0.25, 0.3) is 0 Å². The number of ketones is 1. The monoisotopic (exact) mass is 243 g/mol. The van der Waals surface area contributed by atoms with Gasteiger partial charge >= 0.3 is 6.09 Å². The SMILES string of the molecule is CC(=O)[C@H]1COC(C)(C)N1C(=O)OC(C)(C)C. The van der Waals surface area contributed by atoms with Crippen LogP contribution < -0.4 is 0 Å². The van der Waals surface area contributed by atoms with Crippen LogP contribution in [0.5, 0.6) is 0 Å². The lowest BCUT2D eigenvalue weighted by molar-refractivity contribution is -0.122. The predicted octanol–water partition coefficient (Wildman–Crippen LogP) is 1.95. The van der Waals surface area contributed by atoms with E-state index in [4.69, 9.17) is 9.47 Å². The van der Waals surface area contributed by atoms with E-state index in [9.17, 15) is 9.59 Å². The van der Waals surface area contributed by atoms with E-state index in [1.54, 1.807) is 34.6 Å². The Labute approximate surface area is 102 Å². The molecular formula is C12H21NO4. The van der Waals surface area contributed by atoms with Gasteiger partial charge in [-0.1, -0.05) is 0 Å². The van der Waals surface area contributed by atoms with E-state index in [0.29, 0.717) is 0 Å². The third-order valence-corrected chi connectivity index (χ3v) is 2.55. The van der Waals surface area contributed by atoms with Crippen molar-refractivity contribution in [1.82, 2.24) is 4.90 Å². The van der Waals surface area contributed by atoms with Crippen LogP contribution in [0.3, 0.4) is 0 Å². The van der Waals surface area contributed by atoms with Gasteiger partial charge in [-0.25, -0.2) is 4.79 Å². The fourth-order valence-electron chi connectivity index (χ4n) is 1.76. The minimum atomic E-state index is -0.807. The van der Waals surface area contributed by atoms with Gasteiger partial charge in [0.25, 0.3) is 0 Å². The van der Waals surface area contributed by atoms with Gasteiger partial charge in [0, 0.05) is 0 Å². The molecule has 0 bridgehead atoms. The summed E-state index contributed by atoms with van der Waals surface area (Å²) < 4.78 is 10.8. The lowest BCUT2D eigenvalue weighted by Gasteiger charge is -2.34. The van der Waals surface area contributed by atoms with Gasteiger partial charge in [-0.15, -0.1) is 0 Å². The summed E-state index contributed by atoms with van der Waals surface area (Å²) in [5.41, 5.74) is -1.39. The quantitative estimate of drug-likeness (QED) is 0.706. The highest BCUT2D eigenvalue weighted by Gasteiger charge is 2.47. The molecule has 1 fully saturated rings. The maximum Gasteiger partial charge on any atom is 0.413 e. The Bertz CT molecular complexity index is 330. The molecule has 0 spiro atoms. The molecule has 1 heterocycles. The first-order chi connectivity index (χ1) is 7.54. The molecule has 0 saturated carbocycles. The Morgan fingerprint density at radius 3 is 2.29 bits per heavy atom. The first-order valence-electron chi connectivity index (χ1n) is 5.71. The predicted molar refractivity (Wildman–Crippen MR) is 62.6 cm³/mol. The average molecular weight is 243 g/mol. The summed E-state index contributed by atoms with van der Waals surface area (Å²) in [5.74, 6) is -0.0959. The molecule has 98 valence electrons. The number of carbonyl (C=O) groups excluding carboxylic acids is 2. The minimum Gasteiger partial charge on any atom is -0.444 e. The molecule has 1 aliphatic rings. The molecular weight excluding hydrogens is 222 g/mol. The van der Waals surface area contributed by atoms with Crippen molar-refractivity contribution in [1.29, 1.82) is 0 Å². The molecule has 1 rings (SSSR count). The van der Waals surface area contributed by atoms with Crippen molar-refractivity contribution in [3.63, 3.8) is 0 Å². The van der Waals surface area contributed by atoms with Gasteiger partial charge in [0.1, 0.15) is 17.4 Å². The maximum absolute atomic E-state index is 12.1. The summed E-state index contributed by atoms with van der Waals surface area (Å²) >= 11 is 0.